The van der Waals surface area contributed by atoms with Crippen LogP contribution < -0.4 is 0 Å². The number of rotatable bonds is 4. The lowest BCUT2D eigenvalue weighted by atomic mass is 10.3. The maximum atomic E-state index is 5.76. The Morgan fingerprint density at radius 3 is 2.25 bits per heavy atom. The minimum atomic E-state index is 0.580. The van der Waals surface area contributed by atoms with Gasteiger partial charge in [0.05, 0.1) is 33.9 Å². The van der Waals surface area contributed by atoms with Crippen molar-refractivity contribution in [2.75, 3.05) is 34.3 Å². The zero-order chi connectivity index (χ0) is 9.03. The van der Waals surface area contributed by atoms with Crippen LogP contribution in [0.2, 0.25) is 0 Å². The van der Waals surface area contributed by atoms with E-state index in [-0.39, 0.29) is 0 Å². The highest BCUT2D eigenvalue weighted by molar-refractivity contribution is 4.66. The Morgan fingerprint density at radius 2 is 1.75 bits per heavy atom. The van der Waals surface area contributed by atoms with Gasteiger partial charge in [-0.2, -0.15) is 0 Å². The van der Waals surface area contributed by atoms with Crippen LogP contribution in [0.1, 0.15) is 25.7 Å². The van der Waals surface area contributed by atoms with Crippen LogP contribution in [0.3, 0.4) is 0 Å². The van der Waals surface area contributed by atoms with Crippen molar-refractivity contribution in [3.05, 3.63) is 0 Å². The third kappa shape index (κ3) is 4.07. The normalized spacial score (nSPS) is 20.2. The molecule has 0 saturated heterocycles. The average Bonchev–Trinajstić information content (AvgIpc) is 2.36. The molecule has 0 spiro atoms. The van der Waals surface area contributed by atoms with Crippen molar-refractivity contribution in [3.63, 3.8) is 0 Å². The van der Waals surface area contributed by atoms with Crippen LogP contribution in [0.4, 0.5) is 0 Å². The standard InChI is InChI=1S/C10H22NO/c1-11(2,3)8-9-12-10-6-4-5-7-10/h10H,4-9H2,1-3H3/q+1. The molecular weight excluding hydrogens is 150 g/mol. The Balaban J connectivity index is 2.02. The Hall–Kier alpha value is -0.0800. The van der Waals surface area contributed by atoms with E-state index in [1.807, 2.05) is 0 Å². The number of ether oxygens (including phenoxy) is 1. The van der Waals surface area contributed by atoms with Crippen LogP contribution in [-0.2, 0) is 4.74 Å². The molecule has 1 rings (SSSR count). The molecule has 0 amide bonds. The van der Waals surface area contributed by atoms with Crippen LogP contribution in [0.25, 0.3) is 0 Å². The Bertz CT molecular complexity index is 122. The minimum Gasteiger partial charge on any atom is -0.372 e. The van der Waals surface area contributed by atoms with E-state index in [4.69, 9.17) is 4.74 Å². The third-order valence-electron chi connectivity index (χ3n) is 2.42. The van der Waals surface area contributed by atoms with E-state index in [1.165, 1.54) is 25.7 Å². The second-order valence-electron chi connectivity index (χ2n) is 4.79. The molecule has 1 aliphatic carbocycles. The van der Waals surface area contributed by atoms with E-state index in [9.17, 15) is 0 Å². The summed E-state index contributed by atoms with van der Waals surface area (Å²) in [4.78, 5) is 0. The molecule has 0 heterocycles. The molecule has 72 valence electrons. The second kappa shape index (κ2) is 4.24. The van der Waals surface area contributed by atoms with Gasteiger partial charge in [-0.05, 0) is 12.8 Å². The number of quaternary nitrogens is 1. The maximum absolute atomic E-state index is 5.76. The van der Waals surface area contributed by atoms with E-state index in [1.54, 1.807) is 0 Å². The van der Waals surface area contributed by atoms with Crippen LogP contribution in [0.5, 0.6) is 0 Å². The summed E-state index contributed by atoms with van der Waals surface area (Å²) in [5.41, 5.74) is 0. The Morgan fingerprint density at radius 1 is 1.17 bits per heavy atom. The van der Waals surface area contributed by atoms with Crippen molar-refractivity contribution in [1.82, 2.24) is 0 Å². The first-order valence-corrected chi connectivity index (χ1v) is 5.00. The van der Waals surface area contributed by atoms with E-state index in [0.29, 0.717) is 6.10 Å². The highest BCUT2D eigenvalue weighted by Crippen LogP contribution is 2.20. The number of likely N-dealkylation sites (N-methyl/N-ethyl adjacent to an activating group) is 1. The molecule has 12 heavy (non-hydrogen) atoms. The molecule has 0 N–H and O–H groups in total. The monoisotopic (exact) mass is 172 g/mol. The average molecular weight is 172 g/mol. The predicted octanol–water partition coefficient (Wildman–Crippen LogP) is 1.65. The van der Waals surface area contributed by atoms with Gasteiger partial charge in [0, 0.05) is 0 Å². The predicted molar refractivity (Wildman–Crippen MR) is 51.1 cm³/mol. The quantitative estimate of drug-likeness (QED) is 0.586. The van der Waals surface area contributed by atoms with Gasteiger partial charge in [-0.3, -0.25) is 0 Å². The first kappa shape index (κ1) is 10.0. The number of hydrogen-bond acceptors (Lipinski definition) is 1. The minimum absolute atomic E-state index is 0.580. The van der Waals surface area contributed by atoms with Crippen molar-refractivity contribution in [1.29, 1.82) is 0 Å². The molecule has 2 nitrogen and oxygen atoms in total. The fourth-order valence-corrected chi connectivity index (χ4v) is 1.55. The highest BCUT2D eigenvalue weighted by Gasteiger charge is 2.16. The van der Waals surface area contributed by atoms with Crippen LogP contribution in [0, 0.1) is 0 Å². The first-order valence-electron chi connectivity index (χ1n) is 5.00. The first-order chi connectivity index (χ1) is 5.58. The molecule has 0 bridgehead atoms. The maximum Gasteiger partial charge on any atom is 0.102 e. The number of nitrogens with zero attached hydrogens (tertiary/aromatic N) is 1. The van der Waals surface area contributed by atoms with Gasteiger partial charge >= 0.3 is 0 Å². The zero-order valence-electron chi connectivity index (χ0n) is 8.68. The van der Waals surface area contributed by atoms with Gasteiger partial charge in [0.15, 0.2) is 0 Å². The van der Waals surface area contributed by atoms with E-state index in [2.05, 4.69) is 21.1 Å². The summed E-state index contributed by atoms with van der Waals surface area (Å²) in [6.07, 6.45) is 5.90. The fourth-order valence-electron chi connectivity index (χ4n) is 1.55. The molecular formula is C10H22NO+. The highest BCUT2D eigenvalue weighted by atomic mass is 16.5. The summed E-state index contributed by atoms with van der Waals surface area (Å²) >= 11 is 0. The second-order valence-corrected chi connectivity index (χ2v) is 4.79. The summed E-state index contributed by atoms with van der Waals surface area (Å²) in [6.45, 7) is 2.05. The number of hydrogen-bond donors (Lipinski definition) is 0. The molecule has 1 saturated carbocycles. The zero-order valence-corrected chi connectivity index (χ0v) is 8.68. The molecule has 0 unspecified atom stereocenters. The lowest BCUT2D eigenvalue weighted by Gasteiger charge is -2.24. The van der Waals surface area contributed by atoms with Gasteiger partial charge in [0.1, 0.15) is 6.54 Å². The third-order valence-corrected chi connectivity index (χ3v) is 2.42. The Labute approximate surface area is 76.1 Å². The van der Waals surface area contributed by atoms with Gasteiger partial charge in [-0.25, -0.2) is 0 Å². The molecule has 0 aromatic rings. The van der Waals surface area contributed by atoms with Gasteiger partial charge in [-0.15, -0.1) is 0 Å². The summed E-state index contributed by atoms with van der Waals surface area (Å²) in [5.74, 6) is 0. The van der Waals surface area contributed by atoms with Crippen molar-refractivity contribution < 1.29 is 9.22 Å². The molecule has 0 aromatic carbocycles. The molecule has 2 heteroatoms. The smallest absolute Gasteiger partial charge is 0.102 e. The largest absolute Gasteiger partial charge is 0.372 e. The van der Waals surface area contributed by atoms with Crippen molar-refractivity contribution in [2.45, 2.75) is 31.8 Å². The molecule has 0 aliphatic heterocycles. The van der Waals surface area contributed by atoms with Gasteiger partial charge in [0.2, 0.25) is 0 Å². The molecule has 0 aromatic heterocycles. The molecule has 1 fully saturated rings. The van der Waals surface area contributed by atoms with E-state index >= 15 is 0 Å². The van der Waals surface area contributed by atoms with Crippen LogP contribution in [0.15, 0.2) is 0 Å². The van der Waals surface area contributed by atoms with Crippen LogP contribution in [-0.4, -0.2) is 44.9 Å². The lowest BCUT2D eigenvalue weighted by molar-refractivity contribution is -0.870. The summed E-state index contributed by atoms with van der Waals surface area (Å²) < 4.78 is 6.77. The van der Waals surface area contributed by atoms with Gasteiger partial charge in [0.25, 0.3) is 0 Å². The SMILES string of the molecule is C[N+](C)(C)CCOC1CCCC1. The fraction of sp³-hybridized carbons (Fsp3) is 1.00. The molecule has 1 aliphatic rings. The Kier molecular flexibility index (Phi) is 3.53. The van der Waals surface area contributed by atoms with Gasteiger partial charge < -0.3 is 9.22 Å². The summed E-state index contributed by atoms with van der Waals surface area (Å²) in [5, 5.41) is 0. The summed E-state index contributed by atoms with van der Waals surface area (Å²) in [7, 11) is 6.62. The van der Waals surface area contributed by atoms with Crippen LogP contribution >= 0.6 is 0 Å². The lowest BCUT2D eigenvalue weighted by Crippen LogP contribution is -2.38. The van der Waals surface area contributed by atoms with Crippen molar-refractivity contribution in [2.24, 2.45) is 0 Å². The summed E-state index contributed by atoms with van der Waals surface area (Å²) in [6, 6.07) is 0. The molecule has 0 radical (unpaired) electrons. The van der Waals surface area contributed by atoms with Gasteiger partial charge in [-0.1, -0.05) is 12.8 Å². The van der Waals surface area contributed by atoms with E-state index < -0.39 is 0 Å². The molecule has 0 atom stereocenters. The topological polar surface area (TPSA) is 9.23 Å². The van der Waals surface area contributed by atoms with E-state index in [0.717, 1.165) is 17.6 Å². The van der Waals surface area contributed by atoms with Crippen molar-refractivity contribution in [3.8, 4) is 0 Å². The van der Waals surface area contributed by atoms with Crippen molar-refractivity contribution >= 4 is 0 Å².